The number of carbonyl (C=O) groups excluding carboxylic acids is 2. The van der Waals surface area contributed by atoms with Gasteiger partial charge in [-0.25, -0.2) is 0 Å². The number of benzene rings is 3. The zero-order valence-electron chi connectivity index (χ0n) is 17.8. The second kappa shape index (κ2) is 10.3. The van der Waals surface area contributed by atoms with E-state index in [4.69, 9.17) is 4.74 Å². The van der Waals surface area contributed by atoms with E-state index in [1.165, 1.54) is 0 Å². The molecule has 0 saturated carbocycles. The number of ether oxygens (including phenoxy) is 1. The quantitative estimate of drug-likeness (QED) is 0.440. The third kappa shape index (κ3) is 5.73. The van der Waals surface area contributed by atoms with Crippen LogP contribution >= 0.6 is 15.9 Å². The van der Waals surface area contributed by atoms with E-state index in [1.54, 1.807) is 41.3 Å². The molecule has 0 aliphatic heterocycles. The number of carbonyl (C=O) groups is 2. The first-order chi connectivity index (χ1) is 14.9. The smallest absolute Gasteiger partial charge is 0.259 e. The molecule has 0 aliphatic carbocycles. The summed E-state index contributed by atoms with van der Waals surface area (Å²) in [7, 11) is 0. The summed E-state index contributed by atoms with van der Waals surface area (Å²) in [6.07, 6.45) is -0.0633. The van der Waals surface area contributed by atoms with Gasteiger partial charge in [0, 0.05) is 28.0 Å². The van der Waals surface area contributed by atoms with Crippen molar-refractivity contribution in [3.63, 3.8) is 0 Å². The van der Waals surface area contributed by atoms with Crippen molar-refractivity contribution in [1.82, 2.24) is 0 Å². The lowest BCUT2D eigenvalue weighted by molar-refractivity contribution is 0.0985. The Morgan fingerprint density at radius 1 is 1.00 bits per heavy atom. The summed E-state index contributed by atoms with van der Waals surface area (Å²) in [6.45, 7) is 6.28. The molecule has 2 amide bonds. The molecular formula is C25H25BrN2O3. The number of nitrogens with one attached hydrogen (secondary N) is 1. The molecule has 1 N–H and O–H groups in total. The van der Waals surface area contributed by atoms with Gasteiger partial charge in [0.1, 0.15) is 5.75 Å². The average molecular weight is 481 g/mol. The van der Waals surface area contributed by atoms with E-state index in [0.717, 1.165) is 10.2 Å². The van der Waals surface area contributed by atoms with E-state index in [1.807, 2.05) is 57.2 Å². The second-order valence-electron chi connectivity index (χ2n) is 7.23. The number of anilines is 2. The number of rotatable bonds is 7. The van der Waals surface area contributed by atoms with Crippen LogP contribution in [0.1, 0.15) is 41.5 Å². The molecule has 0 heterocycles. The van der Waals surface area contributed by atoms with E-state index < -0.39 is 0 Å². The number of para-hydroxylation sites is 1. The van der Waals surface area contributed by atoms with E-state index >= 15 is 0 Å². The molecule has 160 valence electrons. The van der Waals surface area contributed by atoms with Crippen molar-refractivity contribution in [2.75, 3.05) is 16.8 Å². The maximum Gasteiger partial charge on any atom is 0.259 e. The molecule has 0 bridgehead atoms. The van der Waals surface area contributed by atoms with Gasteiger partial charge in [0.05, 0.1) is 11.7 Å². The Hall–Kier alpha value is -3.12. The Labute approximate surface area is 191 Å². The number of amides is 2. The number of halogens is 1. The summed E-state index contributed by atoms with van der Waals surface area (Å²) >= 11 is 3.41. The van der Waals surface area contributed by atoms with Crippen LogP contribution in [0.4, 0.5) is 11.4 Å². The SMILES string of the molecule is CCN(C(=O)c1cccc(NC(=O)c2cc(Br)ccc2OC(C)C)c1)c1ccccc1. The molecule has 31 heavy (non-hydrogen) atoms. The Balaban J connectivity index is 1.83. The molecule has 0 unspecified atom stereocenters. The third-order valence-corrected chi connectivity index (χ3v) is 5.04. The lowest BCUT2D eigenvalue weighted by Crippen LogP contribution is -2.30. The van der Waals surface area contributed by atoms with Gasteiger partial charge < -0.3 is 15.0 Å². The summed E-state index contributed by atoms with van der Waals surface area (Å²) in [6, 6.07) is 21.8. The molecule has 0 spiro atoms. The molecule has 0 radical (unpaired) electrons. The minimum atomic E-state index is -0.308. The van der Waals surface area contributed by atoms with E-state index in [0.29, 0.717) is 29.1 Å². The summed E-state index contributed by atoms with van der Waals surface area (Å²) in [5.74, 6) is 0.0669. The van der Waals surface area contributed by atoms with Crippen LogP contribution in [0.2, 0.25) is 0 Å². The summed E-state index contributed by atoms with van der Waals surface area (Å²) in [5, 5.41) is 2.88. The monoisotopic (exact) mass is 480 g/mol. The molecule has 3 rings (SSSR count). The van der Waals surface area contributed by atoms with E-state index in [-0.39, 0.29) is 17.9 Å². The normalized spacial score (nSPS) is 10.6. The molecule has 5 nitrogen and oxygen atoms in total. The molecular weight excluding hydrogens is 456 g/mol. The number of hydrogen-bond donors (Lipinski definition) is 1. The van der Waals surface area contributed by atoms with Gasteiger partial charge in [-0.2, -0.15) is 0 Å². The molecule has 3 aromatic carbocycles. The highest BCUT2D eigenvalue weighted by Gasteiger charge is 2.18. The van der Waals surface area contributed by atoms with Crippen molar-refractivity contribution < 1.29 is 14.3 Å². The van der Waals surface area contributed by atoms with Crippen molar-refractivity contribution in [3.05, 3.63) is 88.4 Å². The maximum absolute atomic E-state index is 13.1. The Kier molecular flexibility index (Phi) is 7.47. The van der Waals surface area contributed by atoms with Gasteiger partial charge in [0.2, 0.25) is 0 Å². The molecule has 3 aromatic rings. The van der Waals surface area contributed by atoms with Gasteiger partial charge in [0.25, 0.3) is 11.8 Å². The van der Waals surface area contributed by atoms with Gasteiger partial charge in [-0.05, 0) is 69.3 Å². The second-order valence-corrected chi connectivity index (χ2v) is 8.14. The van der Waals surface area contributed by atoms with Crippen molar-refractivity contribution in [2.45, 2.75) is 26.9 Å². The third-order valence-electron chi connectivity index (χ3n) is 4.55. The van der Waals surface area contributed by atoms with Crippen molar-refractivity contribution >= 4 is 39.1 Å². The number of hydrogen-bond acceptors (Lipinski definition) is 3. The summed E-state index contributed by atoms with van der Waals surface area (Å²) in [5.41, 5.74) is 2.28. The lowest BCUT2D eigenvalue weighted by atomic mass is 10.1. The topological polar surface area (TPSA) is 58.6 Å². The first-order valence-corrected chi connectivity index (χ1v) is 10.9. The van der Waals surface area contributed by atoms with E-state index in [2.05, 4.69) is 21.2 Å². The van der Waals surface area contributed by atoms with Crippen LogP contribution in [0.15, 0.2) is 77.3 Å². The molecule has 0 fully saturated rings. The van der Waals surface area contributed by atoms with Gasteiger partial charge >= 0.3 is 0 Å². The van der Waals surface area contributed by atoms with Gasteiger partial charge in [-0.15, -0.1) is 0 Å². The van der Waals surface area contributed by atoms with Crippen LogP contribution < -0.4 is 15.0 Å². The molecule has 0 aliphatic rings. The fourth-order valence-electron chi connectivity index (χ4n) is 3.17. The average Bonchev–Trinajstić information content (AvgIpc) is 2.76. The summed E-state index contributed by atoms with van der Waals surface area (Å²) < 4.78 is 6.55. The van der Waals surface area contributed by atoms with Crippen LogP contribution in [-0.4, -0.2) is 24.5 Å². The Bertz CT molecular complexity index is 1070. The fourth-order valence-corrected chi connectivity index (χ4v) is 3.53. The van der Waals surface area contributed by atoms with Crippen molar-refractivity contribution in [3.8, 4) is 5.75 Å². The first-order valence-electron chi connectivity index (χ1n) is 10.1. The maximum atomic E-state index is 13.1. The Morgan fingerprint density at radius 3 is 2.42 bits per heavy atom. The van der Waals surface area contributed by atoms with Gasteiger partial charge in [0.15, 0.2) is 0 Å². The molecule has 0 atom stereocenters. The van der Waals surface area contributed by atoms with Crippen LogP contribution in [0.5, 0.6) is 5.75 Å². The zero-order chi connectivity index (χ0) is 22.4. The highest BCUT2D eigenvalue weighted by atomic mass is 79.9. The van der Waals surface area contributed by atoms with Crippen molar-refractivity contribution in [1.29, 1.82) is 0 Å². The first kappa shape index (κ1) is 22.6. The lowest BCUT2D eigenvalue weighted by Gasteiger charge is -2.21. The van der Waals surface area contributed by atoms with Gasteiger partial charge in [-0.1, -0.05) is 40.2 Å². The van der Waals surface area contributed by atoms with Gasteiger partial charge in [-0.3, -0.25) is 9.59 Å². The van der Waals surface area contributed by atoms with E-state index in [9.17, 15) is 9.59 Å². The van der Waals surface area contributed by atoms with Crippen LogP contribution in [0, 0.1) is 0 Å². The minimum absolute atomic E-state index is 0.0633. The predicted octanol–water partition coefficient (Wildman–Crippen LogP) is 6.16. The highest BCUT2D eigenvalue weighted by molar-refractivity contribution is 9.10. The minimum Gasteiger partial charge on any atom is -0.490 e. The van der Waals surface area contributed by atoms with Crippen LogP contribution in [-0.2, 0) is 0 Å². The Morgan fingerprint density at radius 2 is 1.74 bits per heavy atom. The van der Waals surface area contributed by atoms with Crippen molar-refractivity contribution in [2.24, 2.45) is 0 Å². The summed E-state index contributed by atoms with van der Waals surface area (Å²) in [4.78, 5) is 27.7. The predicted molar refractivity (Wildman–Crippen MR) is 128 cm³/mol. The largest absolute Gasteiger partial charge is 0.490 e. The molecule has 0 aromatic heterocycles. The standard InChI is InChI=1S/C25H25BrN2O3/c1-4-28(21-11-6-5-7-12-21)25(30)18-9-8-10-20(15-18)27-24(29)22-16-19(26)13-14-23(22)31-17(2)3/h5-17H,4H2,1-3H3,(H,27,29). The highest BCUT2D eigenvalue weighted by Crippen LogP contribution is 2.26. The molecule has 6 heteroatoms. The van der Waals surface area contributed by atoms with Crippen LogP contribution in [0.25, 0.3) is 0 Å². The zero-order valence-corrected chi connectivity index (χ0v) is 19.3. The van der Waals surface area contributed by atoms with Crippen LogP contribution in [0.3, 0.4) is 0 Å². The molecule has 0 saturated heterocycles. The fraction of sp³-hybridized carbons (Fsp3) is 0.200. The number of nitrogens with zero attached hydrogens (tertiary/aromatic N) is 1.